The molecule has 0 fully saturated rings. The molecule has 1 aromatic carbocycles. The molecule has 0 aliphatic rings. The van der Waals surface area contributed by atoms with Gasteiger partial charge in [-0.05, 0) is 51.8 Å². The van der Waals surface area contributed by atoms with E-state index >= 15 is 0 Å². The normalized spacial score (nSPS) is 11.1. The Bertz CT molecular complexity index is 799. The molecule has 0 radical (unpaired) electrons. The summed E-state index contributed by atoms with van der Waals surface area (Å²) in [5.74, 6) is -0.383. The Kier molecular flexibility index (Phi) is 16.9. The smallest absolute Gasteiger partial charge is 0.407 e. The standard InChI is InChI=1S/C27H43FN2O7/c1-27(2,3)37-26(33)30-14-17-35-19-18-34-16-12-25(32)29-13-8-6-4-5-7-9-15-36-24-11-10-22(21-31)20-23(24)28/h10-11,20-21H,4-9,12-19H2,1-3H3,(H,29,32)(H,30,33). The second kappa shape index (κ2) is 19.4. The molecule has 0 spiro atoms. The minimum absolute atomic E-state index is 0.0342. The van der Waals surface area contributed by atoms with Crippen LogP contribution in [-0.4, -0.2) is 70.0 Å². The predicted octanol–water partition coefficient (Wildman–Crippen LogP) is 4.42. The summed E-state index contributed by atoms with van der Waals surface area (Å²) in [6.45, 7) is 8.29. The number of alkyl carbamates (subject to hydrolysis) is 1. The van der Waals surface area contributed by atoms with Crippen molar-refractivity contribution in [2.75, 3.05) is 46.1 Å². The number of carbonyl (C=O) groups excluding carboxylic acids is 3. The van der Waals surface area contributed by atoms with Gasteiger partial charge in [-0.25, -0.2) is 9.18 Å². The van der Waals surface area contributed by atoms with Crippen molar-refractivity contribution in [3.05, 3.63) is 29.6 Å². The Morgan fingerprint density at radius 3 is 2.22 bits per heavy atom. The van der Waals surface area contributed by atoms with E-state index in [4.69, 9.17) is 18.9 Å². The van der Waals surface area contributed by atoms with Crippen LogP contribution < -0.4 is 15.4 Å². The second-order valence-electron chi connectivity index (χ2n) is 9.53. The number of amides is 2. The molecule has 0 saturated carbocycles. The van der Waals surface area contributed by atoms with Crippen LogP contribution in [0, 0.1) is 5.82 Å². The van der Waals surface area contributed by atoms with Crippen LogP contribution >= 0.6 is 0 Å². The molecule has 1 rings (SSSR count). The number of halogens is 1. The molecular formula is C27H43FN2O7. The number of aldehydes is 1. The van der Waals surface area contributed by atoms with Crippen molar-refractivity contribution in [1.82, 2.24) is 10.6 Å². The van der Waals surface area contributed by atoms with Gasteiger partial charge < -0.3 is 29.6 Å². The average Bonchev–Trinajstić information content (AvgIpc) is 2.83. The lowest BCUT2D eigenvalue weighted by molar-refractivity contribution is -0.122. The molecular weight excluding hydrogens is 483 g/mol. The highest BCUT2D eigenvalue weighted by Crippen LogP contribution is 2.18. The number of rotatable bonds is 20. The number of nitrogens with one attached hydrogen (secondary N) is 2. The molecule has 0 aliphatic heterocycles. The Labute approximate surface area is 219 Å². The maximum atomic E-state index is 13.7. The minimum atomic E-state index is -0.527. The first-order valence-corrected chi connectivity index (χ1v) is 13.0. The van der Waals surface area contributed by atoms with E-state index in [9.17, 15) is 18.8 Å². The van der Waals surface area contributed by atoms with Crippen LogP contribution in [0.25, 0.3) is 0 Å². The van der Waals surface area contributed by atoms with Gasteiger partial charge in [-0.2, -0.15) is 0 Å². The van der Waals surface area contributed by atoms with E-state index in [1.165, 1.54) is 18.2 Å². The van der Waals surface area contributed by atoms with Gasteiger partial charge in [0.2, 0.25) is 5.91 Å². The Hall–Kier alpha value is -2.72. The lowest BCUT2D eigenvalue weighted by Gasteiger charge is -2.19. The molecule has 0 aromatic heterocycles. The van der Waals surface area contributed by atoms with E-state index in [1.807, 2.05) is 0 Å². The van der Waals surface area contributed by atoms with Crippen LogP contribution in [0.5, 0.6) is 5.75 Å². The molecule has 37 heavy (non-hydrogen) atoms. The molecule has 0 unspecified atom stereocenters. The third kappa shape index (κ3) is 18.2. The number of unbranched alkanes of at least 4 members (excludes halogenated alkanes) is 5. The fraction of sp³-hybridized carbons (Fsp3) is 0.667. The largest absolute Gasteiger partial charge is 0.491 e. The molecule has 0 atom stereocenters. The van der Waals surface area contributed by atoms with Gasteiger partial charge >= 0.3 is 6.09 Å². The molecule has 2 N–H and O–H groups in total. The van der Waals surface area contributed by atoms with Crippen molar-refractivity contribution >= 4 is 18.3 Å². The zero-order valence-electron chi connectivity index (χ0n) is 22.4. The summed E-state index contributed by atoms with van der Waals surface area (Å²) in [5, 5.41) is 5.50. The lowest BCUT2D eigenvalue weighted by atomic mass is 10.1. The summed E-state index contributed by atoms with van der Waals surface area (Å²) in [6, 6.07) is 4.18. The van der Waals surface area contributed by atoms with Crippen molar-refractivity contribution in [2.24, 2.45) is 0 Å². The topological polar surface area (TPSA) is 112 Å². The van der Waals surface area contributed by atoms with Crippen LogP contribution in [0.2, 0.25) is 0 Å². The predicted molar refractivity (Wildman–Crippen MR) is 138 cm³/mol. The van der Waals surface area contributed by atoms with Crippen LogP contribution in [0.15, 0.2) is 18.2 Å². The maximum absolute atomic E-state index is 13.7. The summed E-state index contributed by atoms with van der Waals surface area (Å²) >= 11 is 0. The fourth-order valence-electron chi connectivity index (χ4n) is 3.17. The number of carbonyl (C=O) groups is 3. The van der Waals surface area contributed by atoms with Gasteiger partial charge in [0.1, 0.15) is 11.9 Å². The highest BCUT2D eigenvalue weighted by molar-refractivity contribution is 5.76. The quantitative estimate of drug-likeness (QED) is 0.191. The lowest BCUT2D eigenvalue weighted by Crippen LogP contribution is -2.34. The summed E-state index contributed by atoms with van der Waals surface area (Å²) in [6.07, 6.45) is 6.32. The Morgan fingerprint density at radius 1 is 0.865 bits per heavy atom. The van der Waals surface area contributed by atoms with Gasteiger partial charge in [0, 0.05) is 25.1 Å². The van der Waals surface area contributed by atoms with E-state index in [2.05, 4.69) is 10.6 Å². The summed E-state index contributed by atoms with van der Waals surface area (Å²) in [4.78, 5) is 33.9. The highest BCUT2D eigenvalue weighted by atomic mass is 19.1. The van der Waals surface area contributed by atoms with Crippen molar-refractivity contribution in [3.8, 4) is 5.75 Å². The van der Waals surface area contributed by atoms with Crippen molar-refractivity contribution in [2.45, 2.75) is 71.3 Å². The zero-order chi connectivity index (χ0) is 27.4. The number of hydrogen-bond donors (Lipinski definition) is 2. The average molecular weight is 527 g/mol. The van der Waals surface area contributed by atoms with Crippen LogP contribution in [0.1, 0.15) is 76.1 Å². The number of benzene rings is 1. The number of hydrogen-bond acceptors (Lipinski definition) is 7. The van der Waals surface area contributed by atoms with Crippen molar-refractivity contribution in [3.63, 3.8) is 0 Å². The van der Waals surface area contributed by atoms with Crippen molar-refractivity contribution < 1.29 is 37.7 Å². The molecule has 9 nitrogen and oxygen atoms in total. The summed E-state index contributed by atoms with van der Waals surface area (Å²) in [7, 11) is 0. The van der Waals surface area contributed by atoms with Gasteiger partial charge in [-0.3, -0.25) is 9.59 Å². The van der Waals surface area contributed by atoms with E-state index in [1.54, 1.807) is 20.8 Å². The summed E-state index contributed by atoms with van der Waals surface area (Å²) < 4.78 is 35.0. The van der Waals surface area contributed by atoms with E-state index < -0.39 is 17.5 Å². The van der Waals surface area contributed by atoms with E-state index in [0.29, 0.717) is 64.4 Å². The molecule has 0 bridgehead atoms. The highest BCUT2D eigenvalue weighted by Gasteiger charge is 2.15. The first kappa shape index (κ1) is 32.3. The molecule has 10 heteroatoms. The van der Waals surface area contributed by atoms with Crippen LogP contribution in [0.3, 0.4) is 0 Å². The third-order valence-electron chi connectivity index (χ3n) is 5.00. The van der Waals surface area contributed by atoms with Gasteiger partial charge in [0.15, 0.2) is 11.6 Å². The first-order valence-electron chi connectivity index (χ1n) is 13.0. The summed E-state index contributed by atoms with van der Waals surface area (Å²) in [5.41, 5.74) is -0.236. The first-order chi connectivity index (χ1) is 17.7. The fourth-order valence-corrected chi connectivity index (χ4v) is 3.17. The second-order valence-corrected chi connectivity index (χ2v) is 9.53. The number of ether oxygens (including phenoxy) is 4. The Morgan fingerprint density at radius 2 is 1.54 bits per heavy atom. The van der Waals surface area contributed by atoms with E-state index in [-0.39, 0.29) is 11.7 Å². The van der Waals surface area contributed by atoms with Crippen LogP contribution in [-0.2, 0) is 19.0 Å². The molecule has 210 valence electrons. The molecule has 1 aromatic rings. The monoisotopic (exact) mass is 526 g/mol. The SMILES string of the molecule is CC(C)(C)OC(=O)NCCOCCOCCC(=O)NCCCCCCCCOc1ccc(C=O)cc1F. The van der Waals surface area contributed by atoms with Gasteiger partial charge in [-0.1, -0.05) is 25.7 Å². The maximum Gasteiger partial charge on any atom is 0.407 e. The minimum Gasteiger partial charge on any atom is -0.491 e. The van der Waals surface area contributed by atoms with Gasteiger partial charge in [0.05, 0.1) is 33.0 Å². The van der Waals surface area contributed by atoms with Crippen LogP contribution in [0.4, 0.5) is 9.18 Å². The third-order valence-corrected chi connectivity index (χ3v) is 5.00. The van der Waals surface area contributed by atoms with Gasteiger partial charge in [0.25, 0.3) is 0 Å². The Balaban J connectivity index is 1.84. The zero-order valence-corrected chi connectivity index (χ0v) is 22.4. The van der Waals surface area contributed by atoms with Gasteiger partial charge in [-0.15, -0.1) is 0 Å². The molecule has 0 heterocycles. The van der Waals surface area contributed by atoms with Crippen molar-refractivity contribution in [1.29, 1.82) is 0 Å². The molecule has 0 aliphatic carbocycles. The molecule has 0 saturated heterocycles. The molecule has 2 amide bonds. The van der Waals surface area contributed by atoms with E-state index in [0.717, 1.165) is 38.5 Å².